The molecule has 88 valence electrons. The molecule has 5 heteroatoms. The molecule has 0 amide bonds. The average Bonchev–Trinajstić information content (AvgIpc) is 2.26. The van der Waals surface area contributed by atoms with Gasteiger partial charge in [-0.25, -0.2) is 13.6 Å². The molecule has 0 aromatic heterocycles. The molecule has 0 spiro atoms. The molecule has 1 aliphatic carbocycles. The Morgan fingerprint density at radius 1 is 1.19 bits per heavy atom. The van der Waals surface area contributed by atoms with Crippen LogP contribution in [-0.4, -0.2) is 15.5 Å². The molecule has 4 nitrogen and oxygen atoms in total. The van der Waals surface area contributed by atoms with Gasteiger partial charge in [0.1, 0.15) is 5.75 Å². The fourth-order valence-corrected chi connectivity index (χ4v) is 3.09. The summed E-state index contributed by atoms with van der Waals surface area (Å²) in [6.07, 6.45) is 3.69. The van der Waals surface area contributed by atoms with Crippen LogP contribution in [0.25, 0.3) is 0 Å². The zero-order valence-corrected chi connectivity index (χ0v) is 10.0. The molecule has 1 aromatic carbocycles. The van der Waals surface area contributed by atoms with E-state index in [2.05, 4.69) is 0 Å². The fraction of sp³-hybridized carbons (Fsp3) is 0.455. The summed E-state index contributed by atoms with van der Waals surface area (Å²) in [6.45, 7) is 0. The van der Waals surface area contributed by atoms with Crippen molar-refractivity contribution in [3.05, 3.63) is 23.3 Å². The molecule has 1 aromatic rings. The van der Waals surface area contributed by atoms with Gasteiger partial charge in [0.15, 0.2) is 0 Å². The lowest BCUT2D eigenvalue weighted by Crippen LogP contribution is -2.17. The van der Waals surface area contributed by atoms with Crippen LogP contribution < -0.4 is 9.88 Å². The summed E-state index contributed by atoms with van der Waals surface area (Å²) in [4.78, 5) is 0.253. The Balaban J connectivity index is 2.66. The van der Waals surface area contributed by atoms with Crippen molar-refractivity contribution in [3.8, 4) is 5.75 Å². The van der Waals surface area contributed by atoms with E-state index in [0.717, 1.165) is 42.6 Å². The highest BCUT2D eigenvalue weighted by Crippen LogP contribution is 2.33. The maximum atomic E-state index is 11.4. The lowest BCUT2D eigenvalue weighted by atomic mass is 9.91. The Labute approximate surface area is 95.5 Å². The molecule has 0 unspecified atom stereocenters. The van der Waals surface area contributed by atoms with Gasteiger partial charge in [0.25, 0.3) is 0 Å². The minimum atomic E-state index is -3.62. The fourth-order valence-electron chi connectivity index (χ4n) is 2.26. The van der Waals surface area contributed by atoms with Gasteiger partial charge in [-0.3, -0.25) is 0 Å². The van der Waals surface area contributed by atoms with E-state index >= 15 is 0 Å². The zero-order chi connectivity index (χ0) is 11.8. The minimum absolute atomic E-state index is 0.253. The largest absolute Gasteiger partial charge is 0.496 e. The van der Waals surface area contributed by atoms with E-state index in [-0.39, 0.29) is 4.90 Å². The van der Waals surface area contributed by atoms with Crippen LogP contribution in [0.2, 0.25) is 0 Å². The zero-order valence-electron chi connectivity index (χ0n) is 9.19. The molecule has 0 aliphatic heterocycles. The summed E-state index contributed by atoms with van der Waals surface area (Å²) in [5.41, 5.74) is 1.84. The third kappa shape index (κ3) is 1.92. The van der Waals surface area contributed by atoms with Gasteiger partial charge in [-0.2, -0.15) is 0 Å². The van der Waals surface area contributed by atoms with Crippen LogP contribution in [0.4, 0.5) is 0 Å². The van der Waals surface area contributed by atoms with Crippen LogP contribution in [0.1, 0.15) is 24.0 Å². The van der Waals surface area contributed by atoms with Crippen molar-refractivity contribution in [2.45, 2.75) is 30.6 Å². The highest BCUT2D eigenvalue weighted by molar-refractivity contribution is 7.89. The summed E-state index contributed by atoms with van der Waals surface area (Å²) in [7, 11) is -2.03. The van der Waals surface area contributed by atoms with Gasteiger partial charge in [-0.1, -0.05) is 0 Å². The van der Waals surface area contributed by atoms with Crippen LogP contribution in [0.15, 0.2) is 17.0 Å². The normalized spacial score (nSPS) is 15.6. The van der Waals surface area contributed by atoms with Crippen LogP contribution in [0, 0.1) is 0 Å². The maximum absolute atomic E-state index is 11.4. The summed E-state index contributed by atoms with van der Waals surface area (Å²) < 4.78 is 28.1. The lowest BCUT2D eigenvalue weighted by Gasteiger charge is -2.20. The van der Waals surface area contributed by atoms with Gasteiger partial charge in [0, 0.05) is 0 Å². The highest BCUT2D eigenvalue weighted by atomic mass is 32.2. The van der Waals surface area contributed by atoms with Crippen molar-refractivity contribution < 1.29 is 13.2 Å². The quantitative estimate of drug-likeness (QED) is 0.846. The first kappa shape index (κ1) is 11.4. The number of nitrogens with two attached hydrogens (primary N) is 1. The van der Waals surface area contributed by atoms with Crippen LogP contribution in [-0.2, 0) is 22.9 Å². The predicted molar refractivity (Wildman–Crippen MR) is 61.0 cm³/mol. The Kier molecular flexibility index (Phi) is 2.90. The number of ether oxygens (including phenoxy) is 1. The van der Waals surface area contributed by atoms with Crippen molar-refractivity contribution in [1.29, 1.82) is 0 Å². The van der Waals surface area contributed by atoms with Gasteiger partial charge in [-0.05, 0) is 48.9 Å². The summed E-state index contributed by atoms with van der Waals surface area (Å²) in [5.74, 6) is 0.766. The Morgan fingerprint density at radius 2 is 1.81 bits per heavy atom. The second-order valence-corrected chi connectivity index (χ2v) is 5.51. The van der Waals surface area contributed by atoms with Crippen LogP contribution in [0.3, 0.4) is 0 Å². The molecular weight excluding hydrogens is 226 g/mol. The van der Waals surface area contributed by atoms with Crippen molar-refractivity contribution in [2.75, 3.05) is 7.11 Å². The summed E-state index contributed by atoms with van der Waals surface area (Å²) in [5, 5.41) is 5.20. The monoisotopic (exact) mass is 241 g/mol. The minimum Gasteiger partial charge on any atom is -0.496 e. The molecule has 2 N–H and O–H groups in total. The topological polar surface area (TPSA) is 69.4 Å². The Hall–Kier alpha value is -1.07. The van der Waals surface area contributed by atoms with Gasteiger partial charge < -0.3 is 4.74 Å². The molecule has 0 saturated heterocycles. The van der Waals surface area contributed by atoms with E-state index in [9.17, 15) is 8.42 Å². The molecule has 0 atom stereocenters. The van der Waals surface area contributed by atoms with E-state index < -0.39 is 10.0 Å². The standard InChI is InChI=1S/C11H15NO3S/c1-15-10-6-7-11(16(12,13)14)9-5-3-2-4-8(9)10/h6-7H,2-5H2,1H3,(H2,12,13,14). The van der Waals surface area contributed by atoms with E-state index in [1.807, 2.05) is 0 Å². The van der Waals surface area contributed by atoms with E-state index in [1.165, 1.54) is 0 Å². The number of benzene rings is 1. The molecular formula is C11H15NO3S. The van der Waals surface area contributed by atoms with Crippen molar-refractivity contribution >= 4 is 10.0 Å². The van der Waals surface area contributed by atoms with Crippen molar-refractivity contribution in [1.82, 2.24) is 0 Å². The first-order valence-electron chi connectivity index (χ1n) is 5.25. The van der Waals surface area contributed by atoms with E-state index in [0.29, 0.717) is 0 Å². The smallest absolute Gasteiger partial charge is 0.238 e. The molecule has 0 saturated carbocycles. The number of primary sulfonamides is 1. The molecule has 16 heavy (non-hydrogen) atoms. The Bertz CT molecular complexity index is 508. The number of fused-ring (bicyclic) bond motifs is 1. The second kappa shape index (κ2) is 4.07. The Morgan fingerprint density at radius 3 is 2.38 bits per heavy atom. The van der Waals surface area contributed by atoms with E-state index in [4.69, 9.17) is 9.88 Å². The van der Waals surface area contributed by atoms with Crippen molar-refractivity contribution in [2.24, 2.45) is 5.14 Å². The van der Waals surface area contributed by atoms with Gasteiger partial charge in [0.05, 0.1) is 12.0 Å². The second-order valence-electron chi connectivity index (χ2n) is 3.98. The maximum Gasteiger partial charge on any atom is 0.238 e. The third-order valence-electron chi connectivity index (χ3n) is 2.98. The van der Waals surface area contributed by atoms with E-state index in [1.54, 1.807) is 19.2 Å². The molecule has 0 heterocycles. The first-order chi connectivity index (χ1) is 7.54. The highest BCUT2D eigenvalue weighted by Gasteiger charge is 2.22. The third-order valence-corrected chi connectivity index (χ3v) is 3.97. The number of hydrogen-bond acceptors (Lipinski definition) is 3. The molecule has 1 aliphatic rings. The number of hydrogen-bond donors (Lipinski definition) is 1. The molecule has 0 bridgehead atoms. The average molecular weight is 241 g/mol. The number of rotatable bonds is 2. The van der Waals surface area contributed by atoms with Gasteiger partial charge in [-0.15, -0.1) is 0 Å². The number of methoxy groups -OCH3 is 1. The summed E-state index contributed by atoms with van der Waals surface area (Å²) >= 11 is 0. The van der Waals surface area contributed by atoms with Gasteiger partial charge in [0.2, 0.25) is 10.0 Å². The molecule has 0 radical (unpaired) electrons. The molecule has 2 rings (SSSR count). The number of sulfonamides is 1. The van der Waals surface area contributed by atoms with Gasteiger partial charge >= 0.3 is 0 Å². The SMILES string of the molecule is COc1ccc(S(N)(=O)=O)c2c1CCCC2. The van der Waals surface area contributed by atoms with Crippen LogP contribution >= 0.6 is 0 Å². The lowest BCUT2D eigenvalue weighted by molar-refractivity contribution is 0.405. The predicted octanol–water partition coefficient (Wildman–Crippen LogP) is 1.22. The first-order valence-corrected chi connectivity index (χ1v) is 6.80. The van der Waals surface area contributed by atoms with Crippen molar-refractivity contribution in [3.63, 3.8) is 0 Å². The molecule has 0 fully saturated rings. The van der Waals surface area contributed by atoms with Crippen LogP contribution in [0.5, 0.6) is 5.75 Å². The summed E-state index contributed by atoms with van der Waals surface area (Å²) in [6, 6.07) is 3.22.